The number of fused-ring (bicyclic) bond motifs is 2. The number of imidazole rings is 1. The summed E-state index contributed by atoms with van der Waals surface area (Å²) in [5.41, 5.74) is 13.0. The van der Waals surface area contributed by atoms with Crippen LogP contribution in [0.25, 0.3) is 5.57 Å². The number of hydrogen-bond acceptors (Lipinski definition) is 5. The first kappa shape index (κ1) is 21.6. The fraction of sp³-hybridized carbons (Fsp3) is 0.320. The molecule has 0 amide bonds. The van der Waals surface area contributed by atoms with Crippen LogP contribution < -0.4 is 16.4 Å². The summed E-state index contributed by atoms with van der Waals surface area (Å²) in [6, 6.07) is 10.6. The number of thiocarbonyl (C=S) groups is 1. The molecule has 2 aliphatic heterocycles. The van der Waals surface area contributed by atoms with Crippen LogP contribution in [-0.2, 0) is 13.0 Å². The lowest BCUT2D eigenvalue weighted by Crippen LogP contribution is -2.39. The van der Waals surface area contributed by atoms with E-state index in [1.165, 1.54) is 22.3 Å². The molecule has 8 heteroatoms. The number of nitrogen functional groups attached to an aromatic ring is 1. The Balaban J connectivity index is 1.20. The number of nitrogens with one attached hydrogen (secondary N) is 2. The van der Waals surface area contributed by atoms with Gasteiger partial charge in [0.05, 0.1) is 17.6 Å². The van der Waals surface area contributed by atoms with Crippen molar-refractivity contribution < 1.29 is 0 Å². The van der Waals surface area contributed by atoms with Crippen molar-refractivity contribution in [3.05, 3.63) is 77.6 Å². The van der Waals surface area contributed by atoms with Crippen LogP contribution in [0.3, 0.4) is 0 Å². The van der Waals surface area contributed by atoms with E-state index in [-0.39, 0.29) is 0 Å². The zero-order chi connectivity index (χ0) is 22.6. The van der Waals surface area contributed by atoms with E-state index < -0.39 is 0 Å². The third-order valence-electron chi connectivity index (χ3n) is 6.48. The van der Waals surface area contributed by atoms with Gasteiger partial charge in [0.25, 0.3) is 0 Å². The van der Waals surface area contributed by atoms with Crippen LogP contribution in [0, 0.1) is 0 Å². The molecular weight excluding hydrogens is 430 g/mol. The van der Waals surface area contributed by atoms with Crippen LogP contribution >= 0.6 is 12.2 Å². The van der Waals surface area contributed by atoms with Gasteiger partial charge >= 0.3 is 0 Å². The Morgan fingerprint density at radius 2 is 1.91 bits per heavy atom. The number of likely N-dealkylation sites (tertiary alicyclic amines) is 1. The third kappa shape index (κ3) is 4.77. The van der Waals surface area contributed by atoms with E-state index in [0.29, 0.717) is 10.8 Å². The fourth-order valence-corrected chi connectivity index (χ4v) is 4.92. The molecule has 4 heterocycles. The normalized spacial score (nSPS) is 16.0. The van der Waals surface area contributed by atoms with E-state index in [1.807, 2.05) is 6.20 Å². The van der Waals surface area contributed by atoms with Crippen molar-refractivity contribution in [2.75, 3.05) is 37.2 Å². The smallest absolute Gasteiger partial charge is 0.170 e. The predicted octanol–water partition coefficient (Wildman–Crippen LogP) is 3.30. The van der Waals surface area contributed by atoms with Gasteiger partial charge in [-0.2, -0.15) is 0 Å². The first-order chi connectivity index (χ1) is 16.2. The molecule has 1 saturated heterocycles. The number of anilines is 2. The van der Waals surface area contributed by atoms with E-state index in [2.05, 4.69) is 55.5 Å². The summed E-state index contributed by atoms with van der Waals surface area (Å²) in [4.78, 5) is 11.3. The summed E-state index contributed by atoms with van der Waals surface area (Å²) in [6.45, 7) is 4.79. The first-order valence-electron chi connectivity index (χ1n) is 11.5. The van der Waals surface area contributed by atoms with Crippen LogP contribution in [0.4, 0.5) is 11.4 Å². The number of nitrogens with zero attached hydrogens (tertiary/aromatic N) is 4. The Bertz CT molecular complexity index is 1170. The number of piperidine rings is 1. The Labute approximate surface area is 199 Å². The number of benzene rings is 1. The average Bonchev–Trinajstić information content (AvgIpc) is 3.23. The zero-order valence-electron chi connectivity index (χ0n) is 18.6. The minimum atomic E-state index is 0.566. The average molecular weight is 460 g/mol. The van der Waals surface area contributed by atoms with Gasteiger partial charge < -0.3 is 25.8 Å². The summed E-state index contributed by atoms with van der Waals surface area (Å²) >= 11 is 5.40. The molecule has 0 unspecified atom stereocenters. The van der Waals surface area contributed by atoms with Crippen LogP contribution in [0.15, 0.2) is 60.7 Å². The number of pyridine rings is 1. The van der Waals surface area contributed by atoms with Crippen LogP contribution in [0.1, 0.15) is 29.8 Å². The van der Waals surface area contributed by atoms with Gasteiger partial charge in [-0.05, 0) is 48.7 Å². The summed E-state index contributed by atoms with van der Waals surface area (Å²) in [6.07, 6.45) is 10.6. The van der Waals surface area contributed by atoms with Gasteiger partial charge in [-0.15, -0.1) is 0 Å². The first-order valence-corrected chi connectivity index (χ1v) is 11.9. The van der Waals surface area contributed by atoms with E-state index in [0.717, 1.165) is 63.5 Å². The number of aryl methyl sites for hydroxylation is 2. The van der Waals surface area contributed by atoms with E-state index in [4.69, 9.17) is 22.9 Å². The van der Waals surface area contributed by atoms with Crippen LogP contribution in [-0.4, -0.2) is 50.7 Å². The Hall–Kier alpha value is -3.23. The maximum atomic E-state index is 5.94. The lowest BCUT2D eigenvalue weighted by atomic mass is 9.90. The van der Waals surface area contributed by atoms with Crippen LogP contribution in [0.5, 0.6) is 0 Å². The highest BCUT2D eigenvalue weighted by molar-refractivity contribution is 7.80. The van der Waals surface area contributed by atoms with E-state index in [9.17, 15) is 0 Å². The summed E-state index contributed by atoms with van der Waals surface area (Å²) in [5.74, 6) is 1.12. The molecule has 0 radical (unpaired) electrons. The van der Waals surface area contributed by atoms with Crippen molar-refractivity contribution in [2.24, 2.45) is 0 Å². The molecule has 0 bridgehead atoms. The van der Waals surface area contributed by atoms with Crippen molar-refractivity contribution in [1.82, 2.24) is 24.8 Å². The molecule has 0 aliphatic carbocycles. The quantitative estimate of drug-likeness (QED) is 0.516. The molecule has 1 aromatic carbocycles. The van der Waals surface area contributed by atoms with Gasteiger partial charge in [-0.25, -0.2) is 4.98 Å². The van der Waals surface area contributed by atoms with Crippen molar-refractivity contribution >= 4 is 34.3 Å². The van der Waals surface area contributed by atoms with Crippen molar-refractivity contribution in [2.45, 2.75) is 25.8 Å². The molecule has 170 valence electrons. The zero-order valence-corrected chi connectivity index (χ0v) is 19.4. The predicted molar refractivity (Wildman–Crippen MR) is 137 cm³/mol. The van der Waals surface area contributed by atoms with Crippen molar-refractivity contribution in [3.63, 3.8) is 0 Å². The fourth-order valence-electron chi connectivity index (χ4n) is 4.71. The highest BCUT2D eigenvalue weighted by Gasteiger charge is 2.24. The highest BCUT2D eigenvalue weighted by atomic mass is 32.1. The molecule has 2 aliphatic rings. The lowest BCUT2D eigenvalue weighted by molar-refractivity contribution is 0.261. The molecule has 7 nitrogen and oxygen atoms in total. The molecular formula is C25H29N7S. The Morgan fingerprint density at radius 1 is 1.06 bits per heavy atom. The largest absolute Gasteiger partial charge is 0.397 e. The maximum Gasteiger partial charge on any atom is 0.170 e. The SMILES string of the molecule is Nc1ccncc1NC(=S)NCCN1CCC(=C2c3ccccc3CCn3ccnc32)CC1. The third-order valence-corrected chi connectivity index (χ3v) is 6.72. The monoisotopic (exact) mass is 459 g/mol. The number of hydrogen-bond donors (Lipinski definition) is 3. The molecule has 33 heavy (non-hydrogen) atoms. The maximum absolute atomic E-state index is 5.94. The second-order valence-corrected chi connectivity index (χ2v) is 8.92. The Kier molecular flexibility index (Phi) is 6.37. The number of rotatable bonds is 4. The summed E-state index contributed by atoms with van der Waals surface area (Å²) in [7, 11) is 0. The summed E-state index contributed by atoms with van der Waals surface area (Å²) < 4.78 is 2.31. The van der Waals surface area contributed by atoms with Gasteiger partial charge in [0.15, 0.2) is 5.11 Å². The summed E-state index contributed by atoms with van der Waals surface area (Å²) in [5, 5.41) is 6.96. The minimum Gasteiger partial charge on any atom is -0.397 e. The van der Waals surface area contributed by atoms with Crippen molar-refractivity contribution in [3.8, 4) is 0 Å². The van der Waals surface area contributed by atoms with Gasteiger partial charge in [-0.3, -0.25) is 4.98 Å². The minimum absolute atomic E-state index is 0.566. The van der Waals surface area contributed by atoms with E-state index in [1.54, 1.807) is 18.5 Å². The van der Waals surface area contributed by atoms with Crippen molar-refractivity contribution in [1.29, 1.82) is 0 Å². The van der Waals surface area contributed by atoms with Crippen LogP contribution in [0.2, 0.25) is 0 Å². The Morgan fingerprint density at radius 3 is 2.76 bits per heavy atom. The standard InChI is InChI=1S/C25H29N7S/c26-21-5-9-27-17-22(21)30-25(33)29-10-15-31-12-6-19(7-13-31)23-20-4-2-1-3-18(20)8-14-32-16-11-28-24(23)32/h1-5,9,11,16-17H,6-8,10,12-15H2,(H2,26,27)(H2,29,30,33). The molecule has 1 fully saturated rings. The topological polar surface area (TPSA) is 84.0 Å². The van der Waals surface area contributed by atoms with Gasteiger partial charge in [0, 0.05) is 56.9 Å². The van der Waals surface area contributed by atoms with Gasteiger partial charge in [0.2, 0.25) is 0 Å². The van der Waals surface area contributed by atoms with E-state index >= 15 is 0 Å². The second-order valence-electron chi connectivity index (χ2n) is 8.52. The molecule has 3 aromatic rings. The molecule has 5 rings (SSSR count). The molecule has 2 aromatic heterocycles. The lowest BCUT2D eigenvalue weighted by Gasteiger charge is -2.30. The molecule has 0 spiro atoms. The molecule has 0 atom stereocenters. The number of nitrogens with two attached hydrogens (primary N) is 1. The second kappa shape index (κ2) is 9.72. The van der Waals surface area contributed by atoms with Gasteiger partial charge in [0.1, 0.15) is 5.82 Å². The number of aromatic nitrogens is 3. The molecule has 0 saturated carbocycles. The molecule has 4 N–H and O–H groups in total. The van der Waals surface area contributed by atoms with Gasteiger partial charge in [-0.1, -0.05) is 29.8 Å². The highest BCUT2D eigenvalue weighted by Crippen LogP contribution is 2.35.